The third kappa shape index (κ3) is 7.20. The number of carbonyl (C=O) groups is 2. The molecule has 192 valence electrons. The van der Waals surface area contributed by atoms with Gasteiger partial charge in [-0.15, -0.1) is 0 Å². The number of hydrogen-bond acceptors (Lipinski definition) is 3. The number of amides is 3. The highest BCUT2D eigenvalue weighted by Gasteiger charge is 2.23. The van der Waals surface area contributed by atoms with Crippen molar-refractivity contribution < 1.29 is 9.59 Å². The molecule has 0 aliphatic carbocycles. The van der Waals surface area contributed by atoms with E-state index in [9.17, 15) is 9.59 Å². The molecule has 0 fully saturated rings. The summed E-state index contributed by atoms with van der Waals surface area (Å²) in [5.41, 5.74) is 4.48. The van der Waals surface area contributed by atoms with E-state index in [2.05, 4.69) is 60.3 Å². The van der Waals surface area contributed by atoms with E-state index < -0.39 is 0 Å². The van der Waals surface area contributed by atoms with Crippen LogP contribution in [0.2, 0.25) is 0 Å². The Morgan fingerprint density at radius 3 is 2.33 bits per heavy atom. The molecule has 3 amide bonds. The van der Waals surface area contributed by atoms with Crippen LogP contribution < -0.4 is 10.6 Å². The van der Waals surface area contributed by atoms with E-state index in [0.29, 0.717) is 18.1 Å². The van der Waals surface area contributed by atoms with E-state index in [4.69, 9.17) is 5.10 Å². The molecule has 3 rings (SSSR count). The maximum Gasteiger partial charge on any atom is 0.322 e. The quantitative estimate of drug-likeness (QED) is 0.321. The van der Waals surface area contributed by atoms with Gasteiger partial charge in [0.2, 0.25) is 5.91 Å². The first-order valence-corrected chi connectivity index (χ1v) is 13.1. The number of urea groups is 1. The predicted molar refractivity (Wildman–Crippen MR) is 150 cm³/mol. The third-order valence-corrected chi connectivity index (χ3v) is 6.35. The number of carbonyl (C=O) groups excluding carboxylic acids is 2. The maximum atomic E-state index is 13.2. The summed E-state index contributed by atoms with van der Waals surface area (Å²) in [6, 6.07) is 15.1. The fourth-order valence-electron chi connectivity index (χ4n) is 3.76. The Morgan fingerprint density at radius 2 is 1.72 bits per heavy atom. The SMILES string of the molecule is CCCCN(CC(=O)Nc1cc(C(C)(C)C)nn1-c1ccc(C)cc1C)C(=O)Nc1ccc(Br)cc1. The minimum Gasteiger partial charge on any atom is -0.315 e. The second-order valence-corrected chi connectivity index (χ2v) is 11.0. The number of nitrogens with zero attached hydrogens (tertiary/aromatic N) is 3. The van der Waals surface area contributed by atoms with Crippen LogP contribution in [-0.4, -0.2) is 39.7 Å². The first kappa shape index (κ1) is 27.5. The van der Waals surface area contributed by atoms with Crippen molar-refractivity contribution in [3.8, 4) is 5.69 Å². The van der Waals surface area contributed by atoms with Crippen molar-refractivity contribution >= 4 is 39.4 Å². The molecule has 1 heterocycles. The Balaban J connectivity index is 1.83. The molecule has 1 aromatic heterocycles. The average molecular weight is 555 g/mol. The molecule has 0 radical (unpaired) electrons. The number of nitrogens with one attached hydrogen (secondary N) is 2. The lowest BCUT2D eigenvalue weighted by Crippen LogP contribution is -2.41. The van der Waals surface area contributed by atoms with Crippen molar-refractivity contribution in [3.05, 3.63) is 69.8 Å². The van der Waals surface area contributed by atoms with Gasteiger partial charge >= 0.3 is 6.03 Å². The van der Waals surface area contributed by atoms with Crippen molar-refractivity contribution in [2.24, 2.45) is 0 Å². The summed E-state index contributed by atoms with van der Waals surface area (Å²) < 4.78 is 2.71. The minimum absolute atomic E-state index is 0.0642. The van der Waals surface area contributed by atoms with Gasteiger partial charge in [-0.2, -0.15) is 5.10 Å². The molecule has 0 saturated carbocycles. The Kier molecular flexibility index (Phi) is 8.95. The van der Waals surface area contributed by atoms with Crippen LogP contribution >= 0.6 is 15.9 Å². The highest BCUT2D eigenvalue weighted by Crippen LogP contribution is 2.28. The fraction of sp³-hybridized carbons (Fsp3) is 0.393. The van der Waals surface area contributed by atoms with Gasteiger partial charge in [0.1, 0.15) is 12.4 Å². The molecule has 3 aromatic rings. The molecule has 36 heavy (non-hydrogen) atoms. The van der Waals surface area contributed by atoms with Gasteiger partial charge < -0.3 is 15.5 Å². The largest absolute Gasteiger partial charge is 0.322 e. The molecular weight excluding hydrogens is 518 g/mol. The number of rotatable bonds is 8. The average Bonchev–Trinajstić information content (AvgIpc) is 3.22. The molecule has 0 aliphatic rings. The Hall–Kier alpha value is -3.13. The van der Waals surface area contributed by atoms with Crippen molar-refractivity contribution in [1.82, 2.24) is 14.7 Å². The van der Waals surface area contributed by atoms with Crippen LogP contribution in [0.5, 0.6) is 0 Å². The summed E-state index contributed by atoms with van der Waals surface area (Å²) in [7, 11) is 0. The lowest BCUT2D eigenvalue weighted by molar-refractivity contribution is -0.116. The highest BCUT2D eigenvalue weighted by molar-refractivity contribution is 9.10. The lowest BCUT2D eigenvalue weighted by atomic mass is 9.92. The summed E-state index contributed by atoms with van der Waals surface area (Å²) in [5.74, 6) is 0.309. The zero-order chi connectivity index (χ0) is 26.5. The van der Waals surface area contributed by atoms with E-state index in [-0.39, 0.29) is 23.9 Å². The maximum absolute atomic E-state index is 13.2. The van der Waals surface area contributed by atoms with Gasteiger partial charge in [0, 0.05) is 28.2 Å². The van der Waals surface area contributed by atoms with Crippen molar-refractivity contribution in [2.45, 2.75) is 59.8 Å². The van der Waals surface area contributed by atoms with Gasteiger partial charge in [-0.25, -0.2) is 9.48 Å². The molecule has 2 N–H and O–H groups in total. The number of aromatic nitrogens is 2. The molecule has 0 spiro atoms. The molecule has 2 aromatic carbocycles. The predicted octanol–water partition coefficient (Wildman–Crippen LogP) is 6.82. The second-order valence-electron chi connectivity index (χ2n) is 10.1. The first-order chi connectivity index (χ1) is 17.0. The number of anilines is 2. The topological polar surface area (TPSA) is 79.3 Å². The van der Waals surface area contributed by atoms with Crippen LogP contribution in [0, 0.1) is 13.8 Å². The van der Waals surface area contributed by atoms with Gasteiger partial charge in [-0.3, -0.25) is 4.79 Å². The molecule has 7 nitrogen and oxygen atoms in total. The molecule has 0 bridgehead atoms. The third-order valence-electron chi connectivity index (χ3n) is 5.82. The number of unbranched alkanes of at least 4 members (excludes halogenated alkanes) is 1. The molecule has 0 unspecified atom stereocenters. The zero-order valence-electron chi connectivity index (χ0n) is 22.0. The lowest BCUT2D eigenvalue weighted by Gasteiger charge is -2.22. The van der Waals surface area contributed by atoms with Crippen LogP contribution in [0.25, 0.3) is 5.69 Å². The van der Waals surface area contributed by atoms with E-state index >= 15 is 0 Å². The Morgan fingerprint density at radius 1 is 1.03 bits per heavy atom. The number of benzene rings is 2. The van der Waals surface area contributed by atoms with Crippen molar-refractivity contribution in [2.75, 3.05) is 23.7 Å². The Labute approximate surface area is 222 Å². The van der Waals surface area contributed by atoms with E-state index in [1.165, 1.54) is 0 Å². The Bertz CT molecular complexity index is 1210. The summed E-state index contributed by atoms with van der Waals surface area (Å²) in [4.78, 5) is 27.7. The number of aryl methyl sites for hydroxylation is 2. The highest BCUT2D eigenvalue weighted by atomic mass is 79.9. The van der Waals surface area contributed by atoms with Gasteiger partial charge in [-0.05, 0) is 56.2 Å². The van der Waals surface area contributed by atoms with Crippen LogP contribution in [-0.2, 0) is 10.2 Å². The zero-order valence-corrected chi connectivity index (χ0v) is 23.6. The fourth-order valence-corrected chi connectivity index (χ4v) is 4.02. The molecular formula is C28H36BrN5O2. The first-order valence-electron chi connectivity index (χ1n) is 12.3. The number of halogens is 1. The van der Waals surface area contributed by atoms with Gasteiger partial charge in [0.15, 0.2) is 0 Å². The van der Waals surface area contributed by atoms with E-state index in [0.717, 1.165) is 39.8 Å². The molecule has 0 aliphatic heterocycles. The van der Waals surface area contributed by atoms with E-state index in [1.54, 1.807) is 9.58 Å². The summed E-state index contributed by atoms with van der Waals surface area (Å²) >= 11 is 3.40. The molecule has 8 heteroatoms. The normalized spacial score (nSPS) is 11.3. The van der Waals surface area contributed by atoms with Crippen LogP contribution in [0.4, 0.5) is 16.3 Å². The summed E-state index contributed by atoms with van der Waals surface area (Å²) in [5, 5.41) is 10.7. The van der Waals surface area contributed by atoms with E-state index in [1.807, 2.05) is 56.3 Å². The number of hydrogen-bond donors (Lipinski definition) is 2. The van der Waals surface area contributed by atoms with Gasteiger partial charge in [0.25, 0.3) is 0 Å². The standard InChI is InChI=1S/C28H36BrN5O2/c1-7-8-15-33(27(36)30-22-12-10-21(29)11-13-22)18-26(35)31-25-17-24(28(4,5)6)32-34(25)23-14-9-19(2)16-20(23)3/h9-14,16-17H,7-8,15,18H2,1-6H3,(H,30,36)(H,31,35). The minimum atomic E-state index is -0.306. The van der Waals surface area contributed by atoms with Gasteiger partial charge in [-0.1, -0.05) is 67.7 Å². The van der Waals surface area contributed by atoms with Crippen LogP contribution in [0.3, 0.4) is 0 Å². The monoisotopic (exact) mass is 553 g/mol. The molecule has 0 atom stereocenters. The van der Waals surface area contributed by atoms with Gasteiger partial charge in [0.05, 0.1) is 11.4 Å². The second kappa shape index (κ2) is 11.7. The van der Waals surface area contributed by atoms with Crippen LogP contribution in [0.1, 0.15) is 57.4 Å². The summed E-state index contributed by atoms with van der Waals surface area (Å²) in [6.07, 6.45) is 1.72. The van der Waals surface area contributed by atoms with Crippen molar-refractivity contribution in [3.63, 3.8) is 0 Å². The smallest absolute Gasteiger partial charge is 0.315 e. The van der Waals surface area contributed by atoms with Crippen molar-refractivity contribution in [1.29, 1.82) is 0 Å². The molecule has 0 saturated heterocycles. The summed E-state index contributed by atoms with van der Waals surface area (Å²) in [6.45, 7) is 12.8. The van der Waals surface area contributed by atoms with Crippen LogP contribution in [0.15, 0.2) is 53.0 Å².